The van der Waals surface area contributed by atoms with Crippen LogP contribution in [-0.2, 0) is 19.6 Å². The Hall–Kier alpha value is -2.46. The van der Waals surface area contributed by atoms with Gasteiger partial charge < -0.3 is 10.6 Å². The molecule has 1 aromatic rings. The molecular formula is C23H34N4O5S. The van der Waals surface area contributed by atoms with Gasteiger partial charge in [0.2, 0.25) is 15.9 Å². The van der Waals surface area contributed by atoms with E-state index in [9.17, 15) is 22.8 Å². The fourth-order valence-corrected chi connectivity index (χ4v) is 6.67. The fraction of sp³-hybridized carbons (Fsp3) is 0.609. The number of benzene rings is 1. The molecule has 33 heavy (non-hydrogen) atoms. The summed E-state index contributed by atoms with van der Waals surface area (Å²) in [5.74, 6) is -0.612. The molecule has 1 spiro atoms. The predicted molar refractivity (Wildman–Crippen MR) is 124 cm³/mol. The average molecular weight is 479 g/mol. The van der Waals surface area contributed by atoms with Crippen LogP contribution in [0.15, 0.2) is 23.1 Å². The van der Waals surface area contributed by atoms with E-state index < -0.39 is 34.0 Å². The third kappa shape index (κ3) is 5.55. The fourth-order valence-electron chi connectivity index (χ4n) is 5.31. The molecule has 3 N–H and O–H groups in total. The van der Waals surface area contributed by atoms with Gasteiger partial charge in [0.1, 0.15) is 12.1 Å². The van der Waals surface area contributed by atoms with E-state index in [1.807, 2.05) is 13.0 Å². The summed E-state index contributed by atoms with van der Waals surface area (Å²) in [4.78, 5) is 39.2. The predicted octanol–water partition coefficient (Wildman–Crippen LogP) is 1.83. The minimum atomic E-state index is -3.72. The van der Waals surface area contributed by atoms with E-state index in [4.69, 9.17) is 0 Å². The first kappa shape index (κ1) is 25.2. The Labute approximate surface area is 195 Å². The lowest BCUT2D eigenvalue weighted by molar-refractivity contribution is -0.137. The highest BCUT2D eigenvalue weighted by atomic mass is 32.2. The van der Waals surface area contributed by atoms with E-state index in [1.165, 1.54) is 0 Å². The van der Waals surface area contributed by atoms with Gasteiger partial charge in [-0.15, -0.1) is 0 Å². The quantitative estimate of drug-likeness (QED) is 0.407. The average Bonchev–Trinajstić information content (AvgIpc) is 2.88. The van der Waals surface area contributed by atoms with Crippen molar-refractivity contribution in [2.45, 2.75) is 64.3 Å². The van der Waals surface area contributed by atoms with Gasteiger partial charge in [-0.3, -0.25) is 14.5 Å². The van der Waals surface area contributed by atoms with E-state index in [0.717, 1.165) is 16.9 Å². The molecule has 2 atom stereocenters. The van der Waals surface area contributed by atoms with Crippen LogP contribution in [-0.4, -0.2) is 56.3 Å². The van der Waals surface area contributed by atoms with Gasteiger partial charge in [-0.1, -0.05) is 32.9 Å². The van der Waals surface area contributed by atoms with E-state index in [-0.39, 0.29) is 35.2 Å². The van der Waals surface area contributed by atoms with Gasteiger partial charge in [-0.05, 0) is 61.6 Å². The Kier molecular flexibility index (Phi) is 6.91. The third-order valence-electron chi connectivity index (χ3n) is 6.30. The molecule has 2 aliphatic rings. The highest BCUT2D eigenvalue weighted by Crippen LogP contribution is 2.46. The van der Waals surface area contributed by atoms with E-state index in [2.05, 4.69) is 36.1 Å². The van der Waals surface area contributed by atoms with Crippen molar-refractivity contribution in [2.24, 2.45) is 11.3 Å². The number of urea groups is 1. The third-order valence-corrected chi connectivity index (χ3v) is 7.90. The topological polar surface area (TPSA) is 125 Å². The van der Waals surface area contributed by atoms with Crippen LogP contribution in [0.5, 0.6) is 0 Å². The molecule has 2 unspecified atom stereocenters. The molecule has 2 fully saturated rings. The smallest absolute Gasteiger partial charge is 0.325 e. The lowest BCUT2D eigenvalue weighted by Crippen LogP contribution is -2.54. The zero-order valence-corrected chi connectivity index (χ0v) is 20.8. The minimum Gasteiger partial charge on any atom is -0.353 e. The summed E-state index contributed by atoms with van der Waals surface area (Å²) in [6.07, 6.45) is 2.06. The van der Waals surface area contributed by atoms with Gasteiger partial charge in [0, 0.05) is 13.1 Å². The lowest BCUT2D eigenvalue weighted by atomic mass is 9.64. The first-order valence-electron chi connectivity index (χ1n) is 11.2. The zero-order chi connectivity index (χ0) is 24.6. The molecule has 1 saturated heterocycles. The van der Waals surface area contributed by atoms with Crippen LogP contribution < -0.4 is 15.4 Å². The van der Waals surface area contributed by atoms with E-state index >= 15 is 0 Å². The number of hydrogen-bond acceptors (Lipinski definition) is 5. The monoisotopic (exact) mass is 478 g/mol. The lowest BCUT2D eigenvalue weighted by Gasteiger charge is -2.43. The van der Waals surface area contributed by atoms with Gasteiger partial charge >= 0.3 is 6.03 Å². The largest absolute Gasteiger partial charge is 0.353 e. The summed E-state index contributed by atoms with van der Waals surface area (Å²) in [5, 5.41) is 5.42. The Morgan fingerprint density at radius 2 is 1.88 bits per heavy atom. The summed E-state index contributed by atoms with van der Waals surface area (Å²) in [6, 6.07) is 4.61. The number of nitrogens with zero attached hydrogens (tertiary/aromatic N) is 1. The Bertz CT molecular complexity index is 1070. The van der Waals surface area contributed by atoms with Crippen molar-refractivity contribution < 1.29 is 22.8 Å². The number of amides is 4. The summed E-state index contributed by atoms with van der Waals surface area (Å²) >= 11 is 0. The molecule has 10 heteroatoms. The normalized spacial score (nSPS) is 24.8. The Morgan fingerprint density at radius 3 is 2.55 bits per heavy atom. The second-order valence-corrected chi connectivity index (χ2v) is 12.0. The molecule has 0 radical (unpaired) electrons. The van der Waals surface area contributed by atoms with Crippen LogP contribution in [0.2, 0.25) is 0 Å². The van der Waals surface area contributed by atoms with Crippen molar-refractivity contribution in [2.75, 3.05) is 19.6 Å². The number of carbonyl (C=O) groups is 3. The molecule has 1 aromatic carbocycles. The van der Waals surface area contributed by atoms with Gasteiger partial charge in [-0.2, -0.15) is 0 Å². The van der Waals surface area contributed by atoms with Crippen LogP contribution in [0.3, 0.4) is 0 Å². The summed E-state index contributed by atoms with van der Waals surface area (Å²) in [6.45, 7) is 9.38. The first-order chi connectivity index (χ1) is 15.2. The maximum absolute atomic E-state index is 13.1. The summed E-state index contributed by atoms with van der Waals surface area (Å²) in [5.41, 5.74) is 0.409. The second-order valence-electron chi connectivity index (χ2n) is 10.3. The van der Waals surface area contributed by atoms with E-state index in [1.54, 1.807) is 19.1 Å². The maximum atomic E-state index is 13.1. The maximum Gasteiger partial charge on any atom is 0.325 e. The Morgan fingerprint density at radius 1 is 1.18 bits per heavy atom. The summed E-state index contributed by atoms with van der Waals surface area (Å²) < 4.78 is 27.5. The number of imide groups is 1. The van der Waals surface area contributed by atoms with Gasteiger partial charge in [0.25, 0.3) is 5.91 Å². The SMILES string of the molecule is Cc1ccc(C)c(S(=O)(=O)NCCNC(=O)CN2C(=O)NC3(CC(C)CC(C)(C)C3)C2=O)c1. The van der Waals surface area contributed by atoms with Crippen molar-refractivity contribution in [3.05, 3.63) is 29.3 Å². The van der Waals surface area contributed by atoms with Crippen LogP contribution >= 0.6 is 0 Å². The van der Waals surface area contributed by atoms with Crippen LogP contribution in [0, 0.1) is 25.2 Å². The van der Waals surface area contributed by atoms with Crippen LogP contribution in [0.1, 0.15) is 51.2 Å². The number of rotatable bonds is 7. The molecule has 1 aliphatic heterocycles. The summed E-state index contributed by atoms with van der Waals surface area (Å²) in [7, 11) is -3.72. The highest BCUT2D eigenvalue weighted by molar-refractivity contribution is 7.89. The molecule has 0 bridgehead atoms. The molecule has 3 rings (SSSR count). The number of aryl methyl sites for hydroxylation is 2. The number of nitrogens with one attached hydrogen (secondary N) is 3. The van der Waals surface area contributed by atoms with Crippen molar-refractivity contribution in [3.8, 4) is 0 Å². The minimum absolute atomic E-state index is 0.0166. The van der Waals surface area contributed by atoms with Crippen molar-refractivity contribution >= 4 is 27.9 Å². The molecule has 4 amide bonds. The van der Waals surface area contributed by atoms with Crippen LogP contribution in [0.25, 0.3) is 0 Å². The highest BCUT2D eigenvalue weighted by Gasteiger charge is 2.56. The number of hydrogen-bond donors (Lipinski definition) is 3. The number of sulfonamides is 1. The molecule has 1 heterocycles. The Balaban J connectivity index is 1.53. The first-order valence-corrected chi connectivity index (χ1v) is 12.7. The van der Waals surface area contributed by atoms with E-state index in [0.29, 0.717) is 18.4 Å². The second kappa shape index (κ2) is 9.06. The van der Waals surface area contributed by atoms with Crippen molar-refractivity contribution in [1.29, 1.82) is 0 Å². The standard InChI is InChI=1S/C23H34N4O5S/c1-15-6-7-17(3)18(10-15)33(31,32)25-9-8-24-19(28)13-27-20(29)23(26-21(27)30)12-16(2)11-22(4,5)14-23/h6-7,10,16,25H,8-9,11-14H2,1-5H3,(H,24,28)(H,26,30). The number of carbonyl (C=O) groups excluding carboxylic acids is 3. The van der Waals surface area contributed by atoms with Crippen molar-refractivity contribution in [3.63, 3.8) is 0 Å². The molecule has 182 valence electrons. The molecule has 9 nitrogen and oxygen atoms in total. The van der Waals surface area contributed by atoms with Crippen LogP contribution in [0.4, 0.5) is 4.79 Å². The van der Waals surface area contributed by atoms with Gasteiger partial charge in [-0.25, -0.2) is 17.9 Å². The zero-order valence-electron chi connectivity index (χ0n) is 19.9. The molecular weight excluding hydrogens is 444 g/mol. The molecule has 1 aliphatic carbocycles. The molecule has 0 aromatic heterocycles. The van der Waals surface area contributed by atoms with Gasteiger partial charge in [0.05, 0.1) is 4.90 Å². The molecule has 1 saturated carbocycles. The van der Waals surface area contributed by atoms with Gasteiger partial charge in [0.15, 0.2) is 0 Å². The van der Waals surface area contributed by atoms with Crippen molar-refractivity contribution in [1.82, 2.24) is 20.3 Å².